The topological polar surface area (TPSA) is 84.2 Å². The Kier molecular flexibility index (Phi) is 4.52. The fraction of sp³-hybridized carbons (Fsp3) is 0.273. The highest BCUT2D eigenvalue weighted by Crippen LogP contribution is 2.17. The SMILES string of the molecule is CNS(=O)(=O)Nc1cc(C)ccc1C#CCN. The Balaban J connectivity index is 3.16. The Morgan fingerprint density at radius 1 is 1.41 bits per heavy atom. The largest absolute Gasteiger partial charge is 0.320 e. The van der Waals surface area contributed by atoms with Crippen LogP contribution in [-0.4, -0.2) is 22.0 Å². The third-order valence-corrected chi connectivity index (χ3v) is 3.04. The van der Waals surface area contributed by atoms with E-state index in [1.54, 1.807) is 12.1 Å². The van der Waals surface area contributed by atoms with Crippen LogP contribution in [-0.2, 0) is 10.2 Å². The minimum Gasteiger partial charge on any atom is -0.320 e. The van der Waals surface area contributed by atoms with E-state index < -0.39 is 10.2 Å². The molecule has 0 unspecified atom stereocenters. The second-order valence-corrected chi connectivity index (χ2v) is 4.98. The molecule has 0 saturated carbocycles. The van der Waals surface area contributed by atoms with Gasteiger partial charge in [-0.25, -0.2) is 4.72 Å². The summed E-state index contributed by atoms with van der Waals surface area (Å²) in [5, 5.41) is 0. The maximum absolute atomic E-state index is 11.4. The number of nitrogens with two attached hydrogens (primary N) is 1. The van der Waals surface area contributed by atoms with Crippen molar-refractivity contribution in [2.45, 2.75) is 6.92 Å². The van der Waals surface area contributed by atoms with Crippen LogP contribution >= 0.6 is 0 Å². The van der Waals surface area contributed by atoms with Crippen LogP contribution in [0.5, 0.6) is 0 Å². The molecule has 0 saturated heterocycles. The maximum Gasteiger partial charge on any atom is 0.298 e. The molecule has 1 aromatic rings. The van der Waals surface area contributed by atoms with Gasteiger partial charge in [0.15, 0.2) is 0 Å². The van der Waals surface area contributed by atoms with Crippen molar-refractivity contribution in [1.29, 1.82) is 0 Å². The second kappa shape index (κ2) is 5.68. The quantitative estimate of drug-likeness (QED) is 0.672. The number of benzene rings is 1. The molecule has 92 valence electrons. The highest BCUT2D eigenvalue weighted by Gasteiger charge is 2.09. The maximum atomic E-state index is 11.4. The smallest absolute Gasteiger partial charge is 0.298 e. The molecular weight excluding hydrogens is 238 g/mol. The summed E-state index contributed by atoms with van der Waals surface area (Å²) in [4.78, 5) is 0. The average molecular weight is 253 g/mol. The molecule has 17 heavy (non-hydrogen) atoms. The molecule has 0 atom stereocenters. The van der Waals surface area contributed by atoms with E-state index in [0.717, 1.165) is 5.56 Å². The van der Waals surface area contributed by atoms with E-state index in [0.29, 0.717) is 11.3 Å². The van der Waals surface area contributed by atoms with Gasteiger partial charge in [0, 0.05) is 12.6 Å². The summed E-state index contributed by atoms with van der Waals surface area (Å²) in [5.41, 5.74) is 7.27. The molecule has 0 heterocycles. The van der Waals surface area contributed by atoms with Crippen LogP contribution in [0.2, 0.25) is 0 Å². The van der Waals surface area contributed by atoms with Crippen LogP contribution in [0, 0.1) is 18.8 Å². The monoisotopic (exact) mass is 253 g/mol. The summed E-state index contributed by atoms with van der Waals surface area (Å²) in [6.07, 6.45) is 0. The standard InChI is InChI=1S/C11H15N3O2S/c1-9-5-6-10(4-3-7-12)11(8-9)14-17(15,16)13-2/h5-6,8,13-14H,7,12H2,1-2H3. The molecule has 1 rings (SSSR count). The highest BCUT2D eigenvalue weighted by molar-refractivity contribution is 7.90. The van der Waals surface area contributed by atoms with E-state index in [4.69, 9.17) is 5.73 Å². The van der Waals surface area contributed by atoms with Gasteiger partial charge in [-0.3, -0.25) is 4.72 Å². The molecule has 0 bridgehead atoms. The first-order chi connectivity index (χ1) is 7.98. The number of hydrogen-bond acceptors (Lipinski definition) is 3. The van der Waals surface area contributed by atoms with Gasteiger partial charge >= 0.3 is 0 Å². The number of anilines is 1. The zero-order valence-electron chi connectivity index (χ0n) is 9.74. The molecule has 0 spiro atoms. The molecule has 0 fully saturated rings. The van der Waals surface area contributed by atoms with Crippen LogP contribution < -0.4 is 15.2 Å². The molecule has 0 aliphatic carbocycles. The van der Waals surface area contributed by atoms with Gasteiger partial charge in [0.25, 0.3) is 10.2 Å². The number of rotatable bonds is 3. The Bertz CT molecular complexity index is 556. The van der Waals surface area contributed by atoms with E-state index in [1.165, 1.54) is 7.05 Å². The highest BCUT2D eigenvalue weighted by atomic mass is 32.2. The summed E-state index contributed by atoms with van der Waals surface area (Å²) >= 11 is 0. The summed E-state index contributed by atoms with van der Waals surface area (Å²) in [6.45, 7) is 2.10. The third-order valence-electron chi connectivity index (χ3n) is 2.01. The van der Waals surface area contributed by atoms with Crippen LogP contribution in [0.1, 0.15) is 11.1 Å². The van der Waals surface area contributed by atoms with E-state index in [1.807, 2.05) is 13.0 Å². The van der Waals surface area contributed by atoms with Gasteiger partial charge in [0.2, 0.25) is 0 Å². The van der Waals surface area contributed by atoms with Crippen molar-refractivity contribution in [2.75, 3.05) is 18.3 Å². The Labute approximate surface area is 102 Å². The molecule has 0 amide bonds. The van der Waals surface area contributed by atoms with E-state index >= 15 is 0 Å². The Morgan fingerprint density at radius 3 is 2.71 bits per heavy atom. The van der Waals surface area contributed by atoms with Gasteiger partial charge in [-0.2, -0.15) is 8.42 Å². The van der Waals surface area contributed by atoms with E-state index in [2.05, 4.69) is 21.3 Å². The lowest BCUT2D eigenvalue weighted by Crippen LogP contribution is -2.26. The lowest BCUT2D eigenvalue weighted by atomic mass is 10.1. The van der Waals surface area contributed by atoms with E-state index in [9.17, 15) is 8.42 Å². The van der Waals surface area contributed by atoms with Crippen molar-refractivity contribution < 1.29 is 8.42 Å². The van der Waals surface area contributed by atoms with Crippen molar-refractivity contribution in [3.05, 3.63) is 29.3 Å². The average Bonchev–Trinajstić information content (AvgIpc) is 2.28. The zero-order chi connectivity index (χ0) is 12.9. The minimum atomic E-state index is -3.54. The van der Waals surface area contributed by atoms with Crippen LogP contribution in [0.4, 0.5) is 5.69 Å². The van der Waals surface area contributed by atoms with Crippen LogP contribution in [0.15, 0.2) is 18.2 Å². The van der Waals surface area contributed by atoms with Crippen LogP contribution in [0.25, 0.3) is 0 Å². The summed E-state index contributed by atoms with van der Waals surface area (Å²) < 4.78 is 27.4. The predicted molar refractivity (Wildman–Crippen MR) is 68.7 cm³/mol. The van der Waals surface area contributed by atoms with Crippen molar-refractivity contribution >= 4 is 15.9 Å². The third kappa shape index (κ3) is 4.07. The zero-order valence-corrected chi connectivity index (χ0v) is 10.6. The Morgan fingerprint density at radius 2 is 2.12 bits per heavy atom. The molecule has 5 nitrogen and oxygen atoms in total. The van der Waals surface area contributed by atoms with Gasteiger partial charge in [-0.15, -0.1) is 0 Å². The van der Waals surface area contributed by atoms with Crippen molar-refractivity contribution in [3.8, 4) is 11.8 Å². The molecule has 1 aromatic carbocycles. The van der Waals surface area contributed by atoms with Crippen molar-refractivity contribution in [2.24, 2.45) is 5.73 Å². The first-order valence-electron chi connectivity index (χ1n) is 4.99. The normalized spacial score (nSPS) is 10.5. The van der Waals surface area contributed by atoms with Gasteiger partial charge in [-0.1, -0.05) is 17.9 Å². The molecule has 0 aliphatic rings. The predicted octanol–water partition coefficient (Wildman–Crippen LogP) is 0.181. The lowest BCUT2D eigenvalue weighted by Gasteiger charge is -2.09. The first-order valence-corrected chi connectivity index (χ1v) is 6.47. The fourth-order valence-electron chi connectivity index (χ4n) is 1.19. The van der Waals surface area contributed by atoms with E-state index in [-0.39, 0.29) is 6.54 Å². The second-order valence-electron chi connectivity index (χ2n) is 3.36. The number of aryl methyl sites for hydroxylation is 1. The van der Waals surface area contributed by atoms with Gasteiger partial charge in [0.05, 0.1) is 12.2 Å². The number of nitrogens with one attached hydrogen (secondary N) is 2. The summed E-state index contributed by atoms with van der Waals surface area (Å²) in [5.74, 6) is 5.51. The fourth-order valence-corrected chi connectivity index (χ4v) is 1.75. The minimum absolute atomic E-state index is 0.228. The Hall–Kier alpha value is -1.55. The number of hydrogen-bond donors (Lipinski definition) is 3. The summed E-state index contributed by atoms with van der Waals surface area (Å²) in [6, 6.07) is 5.33. The molecule has 6 heteroatoms. The van der Waals surface area contributed by atoms with Gasteiger partial charge in [0.1, 0.15) is 0 Å². The molecule has 0 radical (unpaired) electrons. The lowest BCUT2D eigenvalue weighted by molar-refractivity contribution is 0.593. The molecule has 0 aromatic heterocycles. The van der Waals surface area contributed by atoms with Gasteiger partial charge in [-0.05, 0) is 24.6 Å². The van der Waals surface area contributed by atoms with Crippen molar-refractivity contribution in [1.82, 2.24) is 4.72 Å². The van der Waals surface area contributed by atoms with Gasteiger partial charge < -0.3 is 5.73 Å². The van der Waals surface area contributed by atoms with Crippen molar-refractivity contribution in [3.63, 3.8) is 0 Å². The molecule has 4 N–H and O–H groups in total. The van der Waals surface area contributed by atoms with Crippen LogP contribution in [0.3, 0.4) is 0 Å². The molecular formula is C11H15N3O2S. The first kappa shape index (κ1) is 13.5. The molecule has 0 aliphatic heterocycles. The summed E-state index contributed by atoms with van der Waals surface area (Å²) in [7, 11) is -2.20.